The SMILES string of the molecule is Cn1cc(CN(Cc2ccccc2)C2CCCN(c3ncnc4sc(CC(F)(F)F)cc34)CC2)cn1. The zero-order valence-electron chi connectivity index (χ0n) is 20.2. The van der Waals surface area contributed by atoms with Crippen LogP contribution in [0.25, 0.3) is 10.2 Å². The number of benzene rings is 1. The highest BCUT2D eigenvalue weighted by Crippen LogP contribution is 2.34. The lowest BCUT2D eigenvalue weighted by Gasteiger charge is -2.31. The number of nitrogens with zero attached hydrogens (tertiary/aromatic N) is 6. The Morgan fingerprint density at radius 3 is 2.61 bits per heavy atom. The average molecular weight is 515 g/mol. The van der Waals surface area contributed by atoms with E-state index in [1.807, 2.05) is 24.0 Å². The van der Waals surface area contributed by atoms with Gasteiger partial charge in [0, 0.05) is 55.9 Å². The number of fused-ring (bicyclic) bond motifs is 1. The van der Waals surface area contributed by atoms with Crippen LogP contribution in [0.15, 0.2) is 55.1 Å². The van der Waals surface area contributed by atoms with Crippen LogP contribution in [-0.4, -0.2) is 50.0 Å². The molecule has 0 amide bonds. The van der Waals surface area contributed by atoms with E-state index in [0.717, 1.165) is 68.0 Å². The Labute approximate surface area is 212 Å². The Hall–Kier alpha value is -2.98. The third-order valence-electron chi connectivity index (χ3n) is 6.62. The van der Waals surface area contributed by atoms with Gasteiger partial charge in [0.25, 0.3) is 0 Å². The van der Waals surface area contributed by atoms with Crippen molar-refractivity contribution in [1.29, 1.82) is 0 Å². The van der Waals surface area contributed by atoms with E-state index in [1.54, 1.807) is 6.07 Å². The van der Waals surface area contributed by atoms with Gasteiger partial charge in [-0.1, -0.05) is 30.3 Å². The van der Waals surface area contributed by atoms with Crippen LogP contribution in [0.5, 0.6) is 0 Å². The summed E-state index contributed by atoms with van der Waals surface area (Å²) >= 11 is 1.10. The van der Waals surface area contributed by atoms with Crippen molar-refractivity contribution < 1.29 is 13.2 Å². The maximum atomic E-state index is 13.0. The quantitative estimate of drug-likeness (QED) is 0.322. The van der Waals surface area contributed by atoms with Gasteiger partial charge in [-0.2, -0.15) is 18.3 Å². The Kier molecular flexibility index (Phi) is 7.25. The minimum atomic E-state index is -4.24. The number of hydrogen-bond donors (Lipinski definition) is 0. The van der Waals surface area contributed by atoms with Crippen molar-refractivity contribution in [1.82, 2.24) is 24.6 Å². The molecule has 3 aromatic heterocycles. The van der Waals surface area contributed by atoms with Gasteiger partial charge in [-0.25, -0.2) is 9.97 Å². The molecule has 1 saturated heterocycles. The standard InChI is InChI=1S/C26H29F3N6S/c1-33-15-20(14-32-33)17-35(16-19-6-3-2-4-7-19)21-8-5-10-34(11-9-21)24-23-12-22(13-26(27,28)29)36-25(23)31-18-30-24/h2-4,6-7,12,14-15,18,21H,5,8-11,13,16-17H2,1H3. The van der Waals surface area contributed by atoms with Crippen LogP contribution in [0, 0.1) is 0 Å². The molecule has 1 fully saturated rings. The van der Waals surface area contributed by atoms with Crippen molar-refractivity contribution >= 4 is 27.4 Å². The van der Waals surface area contributed by atoms with Gasteiger partial charge in [-0.3, -0.25) is 9.58 Å². The first kappa shape index (κ1) is 24.7. The molecule has 0 aliphatic carbocycles. The fourth-order valence-electron chi connectivity index (χ4n) is 5.01. The minimum Gasteiger partial charge on any atom is -0.356 e. The van der Waals surface area contributed by atoms with Gasteiger partial charge < -0.3 is 4.90 Å². The van der Waals surface area contributed by atoms with E-state index in [-0.39, 0.29) is 4.88 Å². The number of rotatable bonds is 7. The molecule has 4 heterocycles. The van der Waals surface area contributed by atoms with Gasteiger partial charge in [0.05, 0.1) is 18.0 Å². The number of alkyl halides is 3. The molecule has 1 aromatic carbocycles. The summed E-state index contributed by atoms with van der Waals surface area (Å²) in [5.41, 5.74) is 2.46. The fraction of sp³-hybridized carbons (Fsp3) is 0.423. The van der Waals surface area contributed by atoms with Crippen molar-refractivity contribution in [2.75, 3.05) is 18.0 Å². The largest absolute Gasteiger partial charge is 0.393 e. The Bertz CT molecular complexity index is 1290. The van der Waals surface area contributed by atoms with E-state index in [9.17, 15) is 13.2 Å². The van der Waals surface area contributed by atoms with Crippen LogP contribution >= 0.6 is 11.3 Å². The van der Waals surface area contributed by atoms with Crippen LogP contribution in [0.1, 0.15) is 35.3 Å². The van der Waals surface area contributed by atoms with E-state index in [4.69, 9.17) is 0 Å². The van der Waals surface area contributed by atoms with Crippen molar-refractivity contribution in [3.05, 3.63) is 71.1 Å². The number of aryl methyl sites for hydroxylation is 1. The molecule has 1 aliphatic heterocycles. The summed E-state index contributed by atoms with van der Waals surface area (Å²) < 4.78 is 40.7. The van der Waals surface area contributed by atoms with E-state index in [2.05, 4.69) is 55.3 Å². The van der Waals surface area contributed by atoms with Gasteiger partial charge in [0.2, 0.25) is 0 Å². The highest BCUT2D eigenvalue weighted by atomic mass is 32.1. The van der Waals surface area contributed by atoms with Gasteiger partial charge in [-0.05, 0) is 30.9 Å². The predicted octanol–water partition coefficient (Wildman–Crippen LogP) is 5.59. The molecule has 0 N–H and O–H groups in total. The monoisotopic (exact) mass is 514 g/mol. The predicted molar refractivity (Wildman–Crippen MR) is 136 cm³/mol. The van der Waals surface area contributed by atoms with Gasteiger partial charge in [0.15, 0.2) is 0 Å². The van der Waals surface area contributed by atoms with E-state index >= 15 is 0 Å². The molecular weight excluding hydrogens is 485 g/mol. The first-order valence-corrected chi connectivity index (χ1v) is 13.0. The normalized spacial score (nSPS) is 17.1. The average Bonchev–Trinajstić information content (AvgIpc) is 3.34. The second-order valence-electron chi connectivity index (χ2n) is 9.41. The molecule has 1 unspecified atom stereocenters. The number of thiophene rings is 1. The number of hydrogen-bond acceptors (Lipinski definition) is 6. The summed E-state index contributed by atoms with van der Waals surface area (Å²) in [7, 11) is 1.93. The molecule has 1 aliphatic rings. The van der Waals surface area contributed by atoms with Crippen LogP contribution in [0.3, 0.4) is 0 Å². The van der Waals surface area contributed by atoms with Gasteiger partial charge in [-0.15, -0.1) is 11.3 Å². The molecule has 0 saturated carbocycles. The van der Waals surface area contributed by atoms with Crippen molar-refractivity contribution in [3.63, 3.8) is 0 Å². The molecule has 4 aromatic rings. The lowest BCUT2D eigenvalue weighted by Crippen LogP contribution is -2.35. The first-order chi connectivity index (χ1) is 17.3. The Morgan fingerprint density at radius 2 is 1.86 bits per heavy atom. The van der Waals surface area contributed by atoms with Crippen LogP contribution in [-0.2, 0) is 26.6 Å². The Morgan fingerprint density at radius 1 is 1.06 bits per heavy atom. The minimum absolute atomic E-state index is 0.275. The molecule has 0 spiro atoms. The number of aromatic nitrogens is 4. The van der Waals surface area contributed by atoms with Crippen LogP contribution < -0.4 is 4.90 Å². The topological polar surface area (TPSA) is 50.1 Å². The van der Waals surface area contributed by atoms with Gasteiger partial charge in [0.1, 0.15) is 17.0 Å². The van der Waals surface area contributed by atoms with Crippen molar-refractivity contribution in [3.8, 4) is 0 Å². The summed E-state index contributed by atoms with van der Waals surface area (Å²) in [6.07, 6.45) is 3.26. The third-order valence-corrected chi connectivity index (χ3v) is 7.66. The summed E-state index contributed by atoms with van der Waals surface area (Å²) in [5.74, 6) is 0.743. The highest BCUT2D eigenvalue weighted by molar-refractivity contribution is 7.18. The van der Waals surface area contributed by atoms with E-state index < -0.39 is 12.6 Å². The zero-order chi connectivity index (χ0) is 25.1. The number of anilines is 1. The molecular formula is C26H29F3N6S. The Balaban J connectivity index is 1.34. The summed E-state index contributed by atoms with van der Waals surface area (Å²) in [5, 5.41) is 5.06. The zero-order valence-corrected chi connectivity index (χ0v) is 21.0. The summed E-state index contributed by atoms with van der Waals surface area (Å²) in [4.78, 5) is 14.4. The molecule has 0 radical (unpaired) electrons. The molecule has 5 rings (SSSR count). The first-order valence-electron chi connectivity index (χ1n) is 12.1. The van der Waals surface area contributed by atoms with Crippen molar-refractivity contribution in [2.45, 2.75) is 51.0 Å². The lowest BCUT2D eigenvalue weighted by atomic mass is 10.1. The second-order valence-corrected chi connectivity index (χ2v) is 10.5. The highest BCUT2D eigenvalue weighted by Gasteiger charge is 2.30. The second kappa shape index (κ2) is 10.6. The van der Waals surface area contributed by atoms with Crippen LogP contribution in [0.4, 0.5) is 19.0 Å². The number of halogens is 3. The molecule has 1 atom stereocenters. The van der Waals surface area contributed by atoms with E-state index in [1.165, 1.54) is 17.5 Å². The smallest absolute Gasteiger partial charge is 0.356 e. The molecule has 190 valence electrons. The summed E-state index contributed by atoms with van der Waals surface area (Å²) in [6, 6.07) is 12.5. The summed E-state index contributed by atoms with van der Waals surface area (Å²) in [6.45, 7) is 3.28. The lowest BCUT2D eigenvalue weighted by molar-refractivity contribution is -0.126. The third kappa shape index (κ3) is 6.04. The molecule has 0 bridgehead atoms. The maximum Gasteiger partial charge on any atom is 0.393 e. The maximum absolute atomic E-state index is 13.0. The fourth-order valence-corrected chi connectivity index (χ4v) is 6.03. The molecule has 6 nitrogen and oxygen atoms in total. The van der Waals surface area contributed by atoms with Gasteiger partial charge >= 0.3 is 6.18 Å². The molecule has 36 heavy (non-hydrogen) atoms. The van der Waals surface area contributed by atoms with Crippen LogP contribution in [0.2, 0.25) is 0 Å². The van der Waals surface area contributed by atoms with Crippen molar-refractivity contribution in [2.24, 2.45) is 7.05 Å². The van der Waals surface area contributed by atoms with E-state index in [0.29, 0.717) is 10.9 Å². The molecule has 10 heteroatoms.